The minimum Gasteiger partial charge on any atom is -0.494 e. The normalized spacial score (nSPS) is 10.4. The lowest BCUT2D eigenvalue weighted by Gasteiger charge is -2.10. The van der Waals surface area contributed by atoms with Gasteiger partial charge in [0.2, 0.25) is 0 Å². The second-order valence-electron chi connectivity index (χ2n) is 6.97. The molecule has 4 aromatic rings. The molecule has 0 aliphatic heterocycles. The Balaban J connectivity index is 0.000000858. The number of carbonyl (C=O) groups is 1. The highest BCUT2D eigenvalue weighted by atomic mass is 16.5. The minimum absolute atomic E-state index is 0.0216. The van der Waals surface area contributed by atoms with Crippen LogP contribution in [0.3, 0.4) is 0 Å². The first-order chi connectivity index (χ1) is 15.1. The Kier molecular flexibility index (Phi) is 7.73. The highest BCUT2D eigenvalue weighted by Gasteiger charge is 2.06. The molecule has 4 rings (SSSR count). The number of aliphatic hydroxyl groups is 1. The lowest BCUT2D eigenvalue weighted by atomic mass is 10.0. The van der Waals surface area contributed by atoms with E-state index in [0.717, 1.165) is 46.4 Å². The van der Waals surface area contributed by atoms with Crippen molar-refractivity contribution in [2.24, 2.45) is 0 Å². The summed E-state index contributed by atoms with van der Waals surface area (Å²) >= 11 is 0. The van der Waals surface area contributed by atoms with Gasteiger partial charge >= 0.3 is 0 Å². The standard InChI is InChI=1S/C23H23N3O2.CH2O2/c1-17-13-22(25-23-14-18(15-27)3-8-21(17)23)19-4-6-20(7-5-19)28-12-2-10-26-11-9-24-16-26;2-1-3/h3-9,11,13-14,16,27H,2,10,12,15H2,1H3;1H,(H,2,3). The third-order valence-corrected chi connectivity index (χ3v) is 4.80. The molecule has 0 unspecified atom stereocenters. The number of aromatic nitrogens is 3. The summed E-state index contributed by atoms with van der Waals surface area (Å²) < 4.78 is 7.88. The topological polar surface area (TPSA) is 97.5 Å². The van der Waals surface area contributed by atoms with Crippen LogP contribution in [0.15, 0.2) is 67.3 Å². The first-order valence-corrected chi connectivity index (χ1v) is 9.92. The van der Waals surface area contributed by atoms with E-state index in [1.54, 1.807) is 6.20 Å². The Hall–Kier alpha value is -3.71. The Morgan fingerprint density at radius 2 is 1.90 bits per heavy atom. The molecule has 0 radical (unpaired) electrons. The van der Waals surface area contributed by atoms with E-state index < -0.39 is 0 Å². The number of aryl methyl sites for hydroxylation is 2. The van der Waals surface area contributed by atoms with Crippen LogP contribution in [0.25, 0.3) is 22.2 Å². The fourth-order valence-electron chi connectivity index (χ4n) is 3.27. The zero-order chi connectivity index (χ0) is 22.1. The predicted octanol–water partition coefficient (Wildman–Crippen LogP) is 4.07. The van der Waals surface area contributed by atoms with Crippen molar-refractivity contribution in [2.75, 3.05) is 6.61 Å². The molecule has 7 heteroatoms. The quantitative estimate of drug-likeness (QED) is 0.346. The van der Waals surface area contributed by atoms with Gasteiger partial charge in [-0.1, -0.05) is 12.1 Å². The third-order valence-electron chi connectivity index (χ3n) is 4.80. The molecule has 0 aliphatic rings. The van der Waals surface area contributed by atoms with Crippen LogP contribution in [0.2, 0.25) is 0 Å². The van der Waals surface area contributed by atoms with Crippen LogP contribution in [0, 0.1) is 6.92 Å². The van der Waals surface area contributed by atoms with E-state index in [0.29, 0.717) is 6.61 Å². The minimum atomic E-state index is -0.250. The fourth-order valence-corrected chi connectivity index (χ4v) is 3.27. The van der Waals surface area contributed by atoms with Gasteiger partial charge in [-0.25, -0.2) is 9.97 Å². The predicted molar refractivity (Wildman–Crippen MR) is 119 cm³/mol. The van der Waals surface area contributed by atoms with Gasteiger partial charge in [0.1, 0.15) is 5.75 Å². The van der Waals surface area contributed by atoms with Crippen molar-refractivity contribution in [3.05, 3.63) is 78.4 Å². The summed E-state index contributed by atoms with van der Waals surface area (Å²) in [6.07, 6.45) is 6.48. The van der Waals surface area contributed by atoms with Gasteiger partial charge in [-0.05, 0) is 60.9 Å². The second-order valence-corrected chi connectivity index (χ2v) is 6.97. The fraction of sp³-hybridized carbons (Fsp3) is 0.208. The van der Waals surface area contributed by atoms with E-state index in [-0.39, 0.29) is 13.1 Å². The van der Waals surface area contributed by atoms with Gasteiger partial charge in [0.05, 0.1) is 30.8 Å². The van der Waals surface area contributed by atoms with Gasteiger partial charge in [0, 0.05) is 29.9 Å². The largest absolute Gasteiger partial charge is 0.494 e. The van der Waals surface area contributed by atoms with Crippen LogP contribution in [0.4, 0.5) is 0 Å². The summed E-state index contributed by atoms with van der Waals surface area (Å²) in [6.45, 7) is 3.42. The summed E-state index contributed by atoms with van der Waals surface area (Å²) in [5.74, 6) is 0.856. The summed E-state index contributed by atoms with van der Waals surface area (Å²) in [5.41, 5.74) is 4.92. The van der Waals surface area contributed by atoms with Crippen molar-refractivity contribution in [3.8, 4) is 17.0 Å². The zero-order valence-corrected chi connectivity index (χ0v) is 17.3. The number of hydrogen-bond donors (Lipinski definition) is 2. The van der Waals surface area contributed by atoms with Crippen LogP contribution in [-0.2, 0) is 17.9 Å². The number of carboxylic acid groups (broad SMARTS) is 1. The van der Waals surface area contributed by atoms with Crippen LogP contribution >= 0.6 is 0 Å². The van der Waals surface area contributed by atoms with Gasteiger partial charge in [0.25, 0.3) is 6.47 Å². The molecule has 7 nitrogen and oxygen atoms in total. The van der Waals surface area contributed by atoms with E-state index in [1.807, 2.05) is 59.6 Å². The first-order valence-electron chi connectivity index (χ1n) is 9.92. The maximum absolute atomic E-state index is 9.38. The number of aliphatic hydroxyl groups excluding tert-OH is 1. The Bertz CT molecular complexity index is 1110. The van der Waals surface area contributed by atoms with Crippen LogP contribution in [0.5, 0.6) is 5.75 Å². The highest BCUT2D eigenvalue weighted by molar-refractivity contribution is 5.85. The zero-order valence-electron chi connectivity index (χ0n) is 17.3. The number of pyridine rings is 1. The molecule has 31 heavy (non-hydrogen) atoms. The molecule has 0 saturated heterocycles. The van der Waals surface area contributed by atoms with Crippen molar-refractivity contribution in [2.45, 2.75) is 26.5 Å². The molecule has 0 saturated carbocycles. The van der Waals surface area contributed by atoms with Gasteiger partial charge in [-0.2, -0.15) is 0 Å². The van der Waals surface area contributed by atoms with Crippen molar-refractivity contribution >= 4 is 17.4 Å². The SMILES string of the molecule is Cc1cc(-c2ccc(OCCCn3ccnc3)cc2)nc2cc(CO)ccc12.O=CO. The van der Waals surface area contributed by atoms with E-state index in [2.05, 4.69) is 18.0 Å². The molecular formula is C24H25N3O4. The molecular weight excluding hydrogens is 394 g/mol. The van der Waals surface area contributed by atoms with E-state index in [4.69, 9.17) is 19.6 Å². The smallest absolute Gasteiger partial charge is 0.290 e. The second kappa shape index (κ2) is 10.9. The summed E-state index contributed by atoms with van der Waals surface area (Å²) in [7, 11) is 0. The Morgan fingerprint density at radius 1 is 1.13 bits per heavy atom. The van der Waals surface area contributed by atoms with Gasteiger partial charge in [0.15, 0.2) is 0 Å². The van der Waals surface area contributed by atoms with Crippen LogP contribution < -0.4 is 4.74 Å². The third kappa shape index (κ3) is 5.90. The maximum atomic E-state index is 9.38. The molecule has 0 amide bonds. The number of hydrogen-bond acceptors (Lipinski definition) is 5. The number of fused-ring (bicyclic) bond motifs is 1. The summed E-state index contributed by atoms with van der Waals surface area (Å²) in [5, 5.41) is 17.4. The van der Waals surface area contributed by atoms with Gasteiger partial charge in [-0.15, -0.1) is 0 Å². The van der Waals surface area contributed by atoms with Gasteiger partial charge in [-0.3, -0.25) is 4.79 Å². The van der Waals surface area contributed by atoms with Crippen LogP contribution in [0.1, 0.15) is 17.5 Å². The molecule has 0 atom stereocenters. The monoisotopic (exact) mass is 419 g/mol. The number of nitrogens with zero attached hydrogens (tertiary/aromatic N) is 3. The first kappa shape index (κ1) is 22.0. The lowest BCUT2D eigenvalue weighted by Crippen LogP contribution is -2.03. The van der Waals surface area contributed by atoms with Crippen molar-refractivity contribution in [1.29, 1.82) is 0 Å². The number of ether oxygens (including phenoxy) is 1. The molecule has 2 N–H and O–H groups in total. The summed E-state index contributed by atoms with van der Waals surface area (Å²) in [6, 6.07) is 16.0. The average molecular weight is 419 g/mol. The van der Waals surface area contributed by atoms with Gasteiger partial charge < -0.3 is 19.5 Å². The molecule has 0 aliphatic carbocycles. The van der Waals surface area contributed by atoms with E-state index in [9.17, 15) is 5.11 Å². The number of benzene rings is 2. The van der Waals surface area contributed by atoms with Crippen molar-refractivity contribution in [1.82, 2.24) is 14.5 Å². The highest BCUT2D eigenvalue weighted by Crippen LogP contribution is 2.26. The molecule has 0 bridgehead atoms. The van der Waals surface area contributed by atoms with E-state index >= 15 is 0 Å². The average Bonchev–Trinajstić information content (AvgIpc) is 3.31. The number of rotatable bonds is 7. The summed E-state index contributed by atoms with van der Waals surface area (Å²) in [4.78, 5) is 17.2. The molecule has 2 aromatic carbocycles. The number of imidazole rings is 1. The molecule has 0 spiro atoms. The van der Waals surface area contributed by atoms with Crippen molar-refractivity contribution in [3.63, 3.8) is 0 Å². The molecule has 160 valence electrons. The molecule has 0 fully saturated rings. The molecule has 2 heterocycles. The maximum Gasteiger partial charge on any atom is 0.290 e. The molecule has 2 aromatic heterocycles. The van der Waals surface area contributed by atoms with Crippen molar-refractivity contribution < 1.29 is 19.7 Å². The van der Waals surface area contributed by atoms with E-state index in [1.165, 1.54) is 5.56 Å². The van der Waals surface area contributed by atoms with Crippen LogP contribution in [-0.4, -0.2) is 37.8 Å². The Morgan fingerprint density at radius 3 is 2.58 bits per heavy atom. The lowest BCUT2D eigenvalue weighted by molar-refractivity contribution is -0.122. The Labute approximate surface area is 180 Å².